The Morgan fingerprint density at radius 2 is 1.83 bits per heavy atom. The Balaban J connectivity index is 1.87. The number of ether oxygens (including phenoxy) is 2. The highest BCUT2D eigenvalue weighted by atomic mass is 16.5. The molecule has 0 N–H and O–H groups in total. The number of nitrogens with zero attached hydrogens (tertiary/aromatic N) is 1. The Hall–Kier alpha value is -2.04. The molecule has 126 valence electrons. The first-order valence-corrected chi connectivity index (χ1v) is 8.25. The minimum absolute atomic E-state index is 0.00780. The number of methoxy groups -OCH3 is 1. The zero-order valence-electron chi connectivity index (χ0n) is 13.9. The maximum absolute atomic E-state index is 12.5. The number of unbranched alkanes of at least 4 members (excludes halogenated alkanes) is 1. The molecule has 0 aliphatic carbocycles. The molecule has 1 aromatic rings. The molecule has 0 saturated carbocycles. The van der Waals surface area contributed by atoms with Gasteiger partial charge in [-0.25, -0.2) is 0 Å². The van der Waals surface area contributed by atoms with Crippen LogP contribution in [-0.4, -0.2) is 43.6 Å². The highest BCUT2D eigenvalue weighted by Gasteiger charge is 2.28. The van der Waals surface area contributed by atoms with Crippen molar-refractivity contribution in [1.82, 2.24) is 4.90 Å². The topological polar surface area (TPSA) is 55.8 Å². The van der Waals surface area contributed by atoms with Gasteiger partial charge in [-0.1, -0.05) is 13.3 Å². The normalized spacial score (nSPS) is 15.3. The third kappa shape index (κ3) is 4.71. The van der Waals surface area contributed by atoms with Crippen molar-refractivity contribution < 1.29 is 19.1 Å². The molecule has 23 heavy (non-hydrogen) atoms. The molecular formula is C18H25NO4. The lowest BCUT2D eigenvalue weighted by Gasteiger charge is -2.30. The molecule has 0 spiro atoms. The number of piperidine rings is 1. The van der Waals surface area contributed by atoms with Crippen molar-refractivity contribution in [2.45, 2.75) is 32.6 Å². The van der Waals surface area contributed by atoms with Gasteiger partial charge >= 0.3 is 5.97 Å². The highest BCUT2D eigenvalue weighted by Crippen LogP contribution is 2.21. The van der Waals surface area contributed by atoms with Crippen LogP contribution in [0.2, 0.25) is 0 Å². The Kier molecular flexibility index (Phi) is 6.44. The standard InChI is InChI=1S/C18H25NO4/c1-3-4-13-23-16-7-5-14(6-8-16)17(20)19-11-9-15(10-12-19)18(21)22-2/h5-8,15H,3-4,9-13H2,1-2H3. The average Bonchev–Trinajstić information content (AvgIpc) is 2.61. The molecule has 2 rings (SSSR count). The first-order valence-electron chi connectivity index (χ1n) is 8.25. The minimum Gasteiger partial charge on any atom is -0.494 e. The maximum atomic E-state index is 12.5. The lowest BCUT2D eigenvalue weighted by Crippen LogP contribution is -2.40. The number of carbonyl (C=O) groups is 2. The Morgan fingerprint density at radius 1 is 1.17 bits per heavy atom. The van der Waals surface area contributed by atoms with Gasteiger partial charge in [0.2, 0.25) is 0 Å². The summed E-state index contributed by atoms with van der Waals surface area (Å²) in [6.45, 7) is 4.00. The number of hydrogen-bond acceptors (Lipinski definition) is 4. The van der Waals surface area contributed by atoms with Crippen LogP contribution in [0.25, 0.3) is 0 Å². The van der Waals surface area contributed by atoms with E-state index in [1.54, 1.807) is 17.0 Å². The van der Waals surface area contributed by atoms with Gasteiger partial charge in [0.25, 0.3) is 5.91 Å². The van der Waals surface area contributed by atoms with Crippen LogP contribution >= 0.6 is 0 Å². The molecular weight excluding hydrogens is 294 g/mol. The molecule has 0 unspecified atom stereocenters. The van der Waals surface area contributed by atoms with Gasteiger partial charge in [-0.05, 0) is 43.5 Å². The fourth-order valence-electron chi connectivity index (χ4n) is 2.70. The molecule has 1 aliphatic heterocycles. The van der Waals surface area contributed by atoms with Crippen LogP contribution in [0.3, 0.4) is 0 Å². The van der Waals surface area contributed by atoms with Gasteiger partial charge in [0, 0.05) is 18.7 Å². The monoisotopic (exact) mass is 319 g/mol. The number of esters is 1. The number of amides is 1. The summed E-state index contributed by atoms with van der Waals surface area (Å²) in [5, 5.41) is 0. The van der Waals surface area contributed by atoms with Crippen LogP contribution in [0, 0.1) is 5.92 Å². The van der Waals surface area contributed by atoms with E-state index in [0.29, 0.717) is 38.1 Å². The van der Waals surface area contributed by atoms with Gasteiger partial charge in [0.15, 0.2) is 0 Å². The summed E-state index contributed by atoms with van der Waals surface area (Å²) in [7, 11) is 1.41. The quantitative estimate of drug-likeness (QED) is 0.597. The second-order valence-corrected chi connectivity index (χ2v) is 5.82. The third-order valence-electron chi connectivity index (χ3n) is 4.18. The van der Waals surface area contributed by atoms with Crippen molar-refractivity contribution in [3.63, 3.8) is 0 Å². The van der Waals surface area contributed by atoms with E-state index in [-0.39, 0.29) is 17.8 Å². The lowest BCUT2D eigenvalue weighted by molar-refractivity contribution is -0.146. The fourth-order valence-corrected chi connectivity index (χ4v) is 2.70. The van der Waals surface area contributed by atoms with Gasteiger partial charge < -0.3 is 14.4 Å². The van der Waals surface area contributed by atoms with Crippen LogP contribution < -0.4 is 4.74 Å². The summed E-state index contributed by atoms with van der Waals surface area (Å²) in [6, 6.07) is 7.28. The van der Waals surface area contributed by atoms with Gasteiger partial charge in [-0.15, -0.1) is 0 Å². The van der Waals surface area contributed by atoms with E-state index in [9.17, 15) is 9.59 Å². The molecule has 0 aromatic heterocycles. The van der Waals surface area contributed by atoms with Crippen molar-refractivity contribution in [2.75, 3.05) is 26.8 Å². The first kappa shape index (κ1) is 17.3. The smallest absolute Gasteiger partial charge is 0.308 e. The van der Waals surface area contributed by atoms with Gasteiger partial charge in [0.05, 0.1) is 19.6 Å². The molecule has 1 heterocycles. The summed E-state index contributed by atoms with van der Waals surface area (Å²) >= 11 is 0. The largest absolute Gasteiger partial charge is 0.494 e. The summed E-state index contributed by atoms with van der Waals surface area (Å²) in [5.41, 5.74) is 0.657. The molecule has 5 nitrogen and oxygen atoms in total. The molecule has 0 atom stereocenters. The van der Waals surface area contributed by atoms with Crippen molar-refractivity contribution in [2.24, 2.45) is 5.92 Å². The molecule has 1 fully saturated rings. The van der Waals surface area contributed by atoms with E-state index in [2.05, 4.69) is 6.92 Å². The summed E-state index contributed by atoms with van der Waals surface area (Å²) in [6.07, 6.45) is 3.45. The Bertz CT molecular complexity index is 518. The number of likely N-dealkylation sites (tertiary alicyclic amines) is 1. The number of benzene rings is 1. The van der Waals surface area contributed by atoms with E-state index in [4.69, 9.17) is 9.47 Å². The highest BCUT2D eigenvalue weighted by molar-refractivity contribution is 5.94. The summed E-state index contributed by atoms with van der Waals surface area (Å²) in [4.78, 5) is 25.8. The zero-order chi connectivity index (χ0) is 16.7. The van der Waals surface area contributed by atoms with Crippen molar-refractivity contribution >= 4 is 11.9 Å². The van der Waals surface area contributed by atoms with E-state index in [0.717, 1.165) is 18.6 Å². The summed E-state index contributed by atoms with van der Waals surface area (Å²) < 4.78 is 10.4. The Morgan fingerprint density at radius 3 is 2.39 bits per heavy atom. The lowest BCUT2D eigenvalue weighted by atomic mass is 9.96. The molecule has 1 aromatic carbocycles. The number of rotatable bonds is 6. The SMILES string of the molecule is CCCCOc1ccc(C(=O)N2CCC(C(=O)OC)CC2)cc1. The molecule has 5 heteroatoms. The predicted molar refractivity (Wildman–Crippen MR) is 87.5 cm³/mol. The zero-order valence-corrected chi connectivity index (χ0v) is 13.9. The van der Waals surface area contributed by atoms with E-state index >= 15 is 0 Å². The van der Waals surface area contributed by atoms with Gasteiger partial charge in [0.1, 0.15) is 5.75 Å². The second kappa shape index (κ2) is 8.56. The minimum atomic E-state index is -0.175. The fraction of sp³-hybridized carbons (Fsp3) is 0.556. The second-order valence-electron chi connectivity index (χ2n) is 5.82. The van der Waals surface area contributed by atoms with Crippen molar-refractivity contribution in [3.05, 3.63) is 29.8 Å². The third-order valence-corrected chi connectivity index (χ3v) is 4.18. The van der Waals surface area contributed by atoms with Crippen LogP contribution in [0.5, 0.6) is 5.75 Å². The van der Waals surface area contributed by atoms with E-state index in [1.807, 2.05) is 12.1 Å². The van der Waals surface area contributed by atoms with Crippen LogP contribution in [0.4, 0.5) is 0 Å². The number of carbonyl (C=O) groups excluding carboxylic acids is 2. The van der Waals surface area contributed by atoms with Crippen molar-refractivity contribution in [1.29, 1.82) is 0 Å². The molecule has 0 radical (unpaired) electrons. The van der Waals surface area contributed by atoms with E-state index < -0.39 is 0 Å². The summed E-state index contributed by atoms with van der Waals surface area (Å²) in [5.74, 6) is 0.539. The molecule has 1 saturated heterocycles. The van der Waals surface area contributed by atoms with Gasteiger partial charge in [-0.2, -0.15) is 0 Å². The first-order chi connectivity index (χ1) is 11.2. The van der Waals surface area contributed by atoms with E-state index in [1.165, 1.54) is 7.11 Å². The van der Waals surface area contributed by atoms with Crippen molar-refractivity contribution in [3.8, 4) is 5.75 Å². The maximum Gasteiger partial charge on any atom is 0.308 e. The number of hydrogen-bond donors (Lipinski definition) is 0. The van der Waals surface area contributed by atoms with Crippen LogP contribution in [0.15, 0.2) is 24.3 Å². The van der Waals surface area contributed by atoms with Gasteiger partial charge in [-0.3, -0.25) is 9.59 Å². The molecule has 0 bridgehead atoms. The van der Waals surface area contributed by atoms with Crippen LogP contribution in [-0.2, 0) is 9.53 Å². The Labute approximate surface area is 137 Å². The van der Waals surface area contributed by atoms with Crippen LogP contribution in [0.1, 0.15) is 43.0 Å². The predicted octanol–water partition coefficient (Wildman–Crippen LogP) is 2.89. The molecule has 1 amide bonds. The molecule has 1 aliphatic rings. The average molecular weight is 319 g/mol.